The van der Waals surface area contributed by atoms with Gasteiger partial charge < -0.3 is 9.47 Å². The molecule has 0 aliphatic carbocycles. The molecule has 0 aromatic heterocycles. The average molecular weight is 400 g/mol. The minimum Gasteiger partial charge on any atom is -0.493 e. The van der Waals surface area contributed by atoms with Crippen LogP contribution >= 0.6 is 15.9 Å². The zero-order chi connectivity index (χ0) is 17.4. The van der Waals surface area contributed by atoms with Gasteiger partial charge in [-0.3, -0.25) is 4.90 Å². The van der Waals surface area contributed by atoms with E-state index >= 15 is 0 Å². The smallest absolute Gasteiger partial charge is 0.415 e. The van der Waals surface area contributed by atoms with Gasteiger partial charge in [-0.1, -0.05) is 46.3 Å². The number of nitrogens with zero attached hydrogens (tertiary/aromatic N) is 1. The van der Waals surface area contributed by atoms with Crippen LogP contribution in [-0.4, -0.2) is 17.6 Å². The zero-order valence-corrected chi connectivity index (χ0v) is 15.4. The summed E-state index contributed by atoms with van der Waals surface area (Å²) in [5.41, 5.74) is 1.22. The molecule has 2 aromatic carbocycles. The molecular weight excluding hydrogens is 382 g/mol. The van der Waals surface area contributed by atoms with Gasteiger partial charge in [-0.05, 0) is 36.8 Å². The molecule has 2 heterocycles. The Bertz CT molecular complexity index is 833. The van der Waals surface area contributed by atoms with Crippen LogP contribution in [0.15, 0.2) is 65.3 Å². The van der Waals surface area contributed by atoms with Crippen molar-refractivity contribution in [1.29, 1.82) is 0 Å². The molecule has 2 aromatic rings. The Balaban J connectivity index is 1.65. The third-order valence-corrected chi connectivity index (χ3v) is 5.36. The number of benzene rings is 2. The summed E-state index contributed by atoms with van der Waals surface area (Å²) in [6.07, 6.45) is 4.10. The maximum atomic E-state index is 12.8. The molecule has 5 heteroatoms. The highest BCUT2D eigenvalue weighted by Crippen LogP contribution is 2.43. The van der Waals surface area contributed by atoms with Crippen LogP contribution in [0.1, 0.15) is 30.5 Å². The summed E-state index contributed by atoms with van der Waals surface area (Å²) in [5.74, 6) is 0.778. The number of ether oxygens (including phenoxy) is 2. The minimum atomic E-state index is -0.734. The molecule has 2 unspecified atom stereocenters. The SMILES string of the molecule is CC(c1ccc(Br)cc1)N1C=CC2(CCOc3ccccc32)OC1=O. The lowest BCUT2D eigenvalue weighted by molar-refractivity contribution is -0.0151. The third kappa shape index (κ3) is 2.82. The quantitative estimate of drug-likeness (QED) is 0.700. The molecule has 4 rings (SSSR count). The summed E-state index contributed by atoms with van der Waals surface area (Å²) in [5, 5.41) is 0. The molecule has 0 radical (unpaired) electrons. The molecule has 4 nitrogen and oxygen atoms in total. The van der Waals surface area contributed by atoms with Gasteiger partial charge in [0.2, 0.25) is 0 Å². The first-order valence-corrected chi connectivity index (χ1v) is 9.07. The molecule has 128 valence electrons. The molecule has 0 N–H and O–H groups in total. The first kappa shape index (κ1) is 16.2. The maximum Gasteiger partial charge on any atom is 0.415 e. The second-order valence-electron chi connectivity index (χ2n) is 6.30. The summed E-state index contributed by atoms with van der Waals surface area (Å²) >= 11 is 3.43. The Kier molecular flexibility index (Phi) is 4.04. The molecule has 1 amide bonds. The Labute approximate surface area is 155 Å². The van der Waals surface area contributed by atoms with Crippen molar-refractivity contribution in [3.63, 3.8) is 0 Å². The van der Waals surface area contributed by atoms with E-state index in [0.717, 1.165) is 21.3 Å². The van der Waals surface area contributed by atoms with E-state index in [9.17, 15) is 4.79 Å². The van der Waals surface area contributed by atoms with Crippen molar-refractivity contribution < 1.29 is 14.3 Å². The van der Waals surface area contributed by atoms with Crippen molar-refractivity contribution in [3.8, 4) is 5.75 Å². The van der Waals surface area contributed by atoms with Crippen LogP contribution in [0.2, 0.25) is 0 Å². The Morgan fingerprint density at radius 2 is 1.92 bits per heavy atom. The van der Waals surface area contributed by atoms with E-state index in [2.05, 4.69) is 15.9 Å². The largest absolute Gasteiger partial charge is 0.493 e. The number of hydrogen-bond donors (Lipinski definition) is 0. The van der Waals surface area contributed by atoms with Gasteiger partial charge in [0.1, 0.15) is 5.75 Å². The molecule has 0 saturated carbocycles. The van der Waals surface area contributed by atoms with Crippen LogP contribution in [0.5, 0.6) is 5.75 Å². The number of hydrogen-bond acceptors (Lipinski definition) is 3. The Morgan fingerprint density at radius 1 is 1.16 bits per heavy atom. The molecule has 0 saturated heterocycles. The number of halogens is 1. The van der Waals surface area contributed by atoms with E-state index in [0.29, 0.717) is 13.0 Å². The molecule has 2 aliphatic heterocycles. The number of carbonyl (C=O) groups is 1. The summed E-state index contributed by atoms with van der Waals surface area (Å²) in [6.45, 7) is 2.52. The summed E-state index contributed by atoms with van der Waals surface area (Å²) in [6, 6.07) is 15.6. The van der Waals surface area contributed by atoms with E-state index in [-0.39, 0.29) is 12.1 Å². The van der Waals surface area contributed by atoms with Gasteiger partial charge >= 0.3 is 6.09 Å². The predicted molar refractivity (Wildman–Crippen MR) is 98.2 cm³/mol. The van der Waals surface area contributed by atoms with Crippen LogP contribution < -0.4 is 4.74 Å². The van der Waals surface area contributed by atoms with Gasteiger partial charge in [0.05, 0.1) is 12.6 Å². The number of para-hydroxylation sites is 1. The fourth-order valence-corrected chi connectivity index (χ4v) is 3.63. The standard InChI is InChI=1S/C20H18BrNO3/c1-14(15-6-8-16(21)9-7-15)22-12-10-20(25-19(22)23)11-13-24-18-5-3-2-4-17(18)20/h2-10,12,14H,11,13H2,1H3. The van der Waals surface area contributed by atoms with Gasteiger partial charge in [-0.2, -0.15) is 0 Å². The van der Waals surface area contributed by atoms with Gasteiger partial charge in [0.25, 0.3) is 0 Å². The lowest BCUT2D eigenvalue weighted by Crippen LogP contribution is -2.44. The van der Waals surface area contributed by atoms with E-state index in [1.165, 1.54) is 0 Å². The molecule has 0 fully saturated rings. The maximum absolute atomic E-state index is 12.8. The van der Waals surface area contributed by atoms with Crippen molar-refractivity contribution in [1.82, 2.24) is 4.90 Å². The van der Waals surface area contributed by atoms with E-state index in [1.54, 1.807) is 4.90 Å². The summed E-state index contributed by atoms with van der Waals surface area (Å²) in [7, 11) is 0. The van der Waals surface area contributed by atoms with Gasteiger partial charge in [0, 0.05) is 22.7 Å². The highest BCUT2D eigenvalue weighted by molar-refractivity contribution is 9.10. The Hall–Kier alpha value is -2.27. The van der Waals surface area contributed by atoms with Crippen LogP contribution in [0, 0.1) is 0 Å². The molecule has 25 heavy (non-hydrogen) atoms. The normalized spacial score (nSPS) is 23.0. The summed E-state index contributed by atoms with van der Waals surface area (Å²) in [4.78, 5) is 14.4. The molecule has 1 spiro atoms. The number of amides is 1. The van der Waals surface area contributed by atoms with Crippen molar-refractivity contribution in [3.05, 3.63) is 76.4 Å². The third-order valence-electron chi connectivity index (χ3n) is 4.83. The van der Waals surface area contributed by atoms with Crippen molar-refractivity contribution in [2.45, 2.75) is 25.0 Å². The van der Waals surface area contributed by atoms with E-state index < -0.39 is 5.60 Å². The fraction of sp³-hybridized carbons (Fsp3) is 0.250. The molecule has 2 aliphatic rings. The molecule has 2 atom stereocenters. The van der Waals surface area contributed by atoms with E-state index in [1.807, 2.05) is 67.7 Å². The van der Waals surface area contributed by atoms with Gasteiger partial charge in [-0.25, -0.2) is 4.79 Å². The number of carbonyl (C=O) groups excluding carboxylic acids is 1. The zero-order valence-electron chi connectivity index (χ0n) is 13.8. The van der Waals surface area contributed by atoms with Crippen molar-refractivity contribution in [2.75, 3.05) is 6.61 Å². The van der Waals surface area contributed by atoms with Crippen LogP contribution in [0.25, 0.3) is 0 Å². The summed E-state index contributed by atoms with van der Waals surface area (Å²) < 4.78 is 12.6. The van der Waals surface area contributed by atoms with Crippen LogP contribution in [0.3, 0.4) is 0 Å². The van der Waals surface area contributed by atoms with Crippen LogP contribution in [0.4, 0.5) is 4.79 Å². The lowest BCUT2D eigenvalue weighted by Gasteiger charge is -2.41. The average Bonchev–Trinajstić information content (AvgIpc) is 2.62. The van der Waals surface area contributed by atoms with Gasteiger partial charge in [-0.15, -0.1) is 0 Å². The topological polar surface area (TPSA) is 38.8 Å². The predicted octanol–water partition coefficient (Wildman–Crippen LogP) is 5.15. The molecule has 0 bridgehead atoms. The highest BCUT2D eigenvalue weighted by Gasteiger charge is 2.43. The fourth-order valence-electron chi connectivity index (χ4n) is 3.36. The number of rotatable bonds is 2. The Morgan fingerprint density at radius 3 is 2.68 bits per heavy atom. The second kappa shape index (κ2) is 6.23. The first-order chi connectivity index (χ1) is 12.1. The van der Waals surface area contributed by atoms with Crippen molar-refractivity contribution in [2.24, 2.45) is 0 Å². The second-order valence-corrected chi connectivity index (χ2v) is 7.22. The van der Waals surface area contributed by atoms with Gasteiger partial charge in [0.15, 0.2) is 5.60 Å². The first-order valence-electron chi connectivity index (χ1n) is 8.27. The molecular formula is C20H18BrNO3. The minimum absolute atomic E-state index is 0.107. The van der Waals surface area contributed by atoms with Crippen molar-refractivity contribution >= 4 is 22.0 Å². The van der Waals surface area contributed by atoms with Crippen LogP contribution in [-0.2, 0) is 10.3 Å². The monoisotopic (exact) mass is 399 g/mol. The number of fused-ring (bicyclic) bond motifs is 2. The lowest BCUT2D eigenvalue weighted by atomic mass is 9.87. The highest BCUT2D eigenvalue weighted by atomic mass is 79.9. The van der Waals surface area contributed by atoms with E-state index in [4.69, 9.17) is 9.47 Å².